The summed E-state index contributed by atoms with van der Waals surface area (Å²) >= 11 is 0. The van der Waals surface area contributed by atoms with Crippen molar-refractivity contribution >= 4 is 21.8 Å². The molecule has 0 N–H and O–H groups in total. The molecule has 302 valence electrons. The lowest BCUT2D eigenvalue weighted by Crippen LogP contribution is -2.14. The van der Waals surface area contributed by atoms with Crippen LogP contribution in [-0.4, -0.2) is 14.5 Å². The highest BCUT2D eigenvalue weighted by Gasteiger charge is 2.36. The van der Waals surface area contributed by atoms with Crippen molar-refractivity contribution in [2.24, 2.45) is 0 Å². The second-order valence-electron chi connectivity index (χ2n) is 17.4. The van der Waals surface area contributed by atoms with Gasteiger partial charge >= 0.3 is 0 Å². The second kappa shape index (κ2) is 15.0. The minimum absolute atomic E-state index is 0.118. The Morgan fingerprint density at radius 3 is 1.44 bits per heavy atom. The summed E-state index contributed by atoms with van der Waals surface area (Å²) < 4.78 is 2.48. The van der Waals surface area contributed by atoms with E-state index in [0.29, 0.717) is 0 Å². The summed E-state index contributed by atoms with van der Waals surface area (Å²) in [6.45, 7) is 4.72. The molecule has 0 saturated heterocycles. The van der Waals surface area contributed by atoms with E-state index in [4.69, 9.17) is 9.97 Å². The number of benzene rings is 8. The van der Waals surface area contributed by atoms with Crippen LogP contribution in [0.1, 0.15) is 25.0 Å². The van der Waals surface area contributed by atoms with Crippen molar-refractivity contribution in [3.63, 3.8) is 0 Å². The van der Waals surface area contributed by atoms with Crippen molar-refractivity contribution in [1.29, 1.82) is 0 Å². The van der Waals surface area contributed by atoms with E-state index in [0.717, 1.165) is 78.5 Å². The summed E-state index contributed by atoms with van der Waals surface area (Å²) in [5.74, 6) is 0. The fraction of sp³-hybridized carbons (Fsp3) is 0.0492. The molecular formula is C61H43N3. The topological polar surface area (TPSA) is 30.7 Å². The Bertz CT molecular complexity index is 3440. The molecule has 0 radical (unpaired) electrons. The Hall–Kier alpha value is -8.14. The van der Waals surface area contributed by atoms with Crippen LogP contribution in [0.4, 0.5) is 0 Å². The smallest absolute Gasteiger partial charge is 0.0737 e. The fourth-order valence-electron chi connectivity index (χ4n) is 9.97. The number of hydrogen-bond donors (Lipinski definition) is 0. The third-order valence-electron chi connectivity index (χ3n) is 13.2. The minimum atomic E-state index is -0.118. The predicted molar refractivity (Wildman–Crippen MR) is 267 cm³/mol. The first kappa shape index (κ1) is 37.6. The molecule has 0 aliphatic heterocycles. The van der Waals surface area contributed by atoms with Gasteiger partial charge in [0.15, 0.2) is 0 Å². The third-order valence-corrected chi connectivity index (χ3v) is 13.2. The number of fused-ring (bicyclic) bond motifs is 6. The van der Waals surface area contributed by atoms with Crippen LogP contribution in [0.15, 0.2) is 224 Å². The zero-order chi connectivity index (χ0) is 42.8. The van der Waals surface area contributed by atoms with Gasteiger partial charge in [0.2, 0.25) is 0 Å². The highest BCUT2D eigenvalue weighted by molar-refractivity contribution is 6.12. The zero-order valence-corrected chi connectivity index (χ0v) is 35.7. The number of nitrogens with zero attached hydrogens (tertiary/aromatic N) is 3. The summed E-state index contributed by atoms with van der Waals surface area (Å²) in [5, 5.41) is 2.47. The average Bonchev–Trinajstić information content (AvgIpc) is 3.81. The summed E-state index contributed by atoms with van der Waals surface area (Å²) in [5.41, 5.74) is 21.0. The number of hydrogen-bond acceptors (Lipinski definition) is 2. The Morgan fingerprint density at radius 2 is 0.812 bits per heavy atom. The molecule has 11 aromatic rings. The molecule has 0 bridgehead atoms. The van der Waals surface area contributed by atoms with Crippen LogP contribution in [0.5, 0.6) is 0 Å². The molecule has 3 nitrogen and oxygen atoms in total. The van der Waals surface area contributed by atoms with Crippen LogP contribution in [0.2, 0.25) is 0 Å². The van der Waals surface area contributed by atoms with Crippen molar-refractivity contribution < 1.29 is 0 Å². The maximum Gasteiger partial charge on any atom is 0.0737 e. The van der Waals surface area contributed by atoms with Gasteiger partial charge in [-0.05, 0) is 99.1 Å². The average molecular weight is 818 g/mol. The molecule has 0 amide bonds. The second-order valence-corrected chi connectivity index (χ2v) is 17.4. The molecule has 0 spiro atoms. The van der Waals surface area contributed by atoms with Gasteiger partial charge < -0.3 is 4.57 Å². The Kier molecular flexibility index (Phi) is 8.84. The van der Waals surface area contributed by atoms with Crippen LogP contribution in [0.3, 0.4) is 0 Å². The molecule has 1 aliphatic rings. The summed E-state index contributed by atoms with van der Waals surface area (Å²) in [4.78, 5) is 10.8. The summed E-state index contributed by atoms with van der Waals surface area (Å²) in [6.07, 6.45) is 0. The normalized spacial score (nSPS) is 12.7. The van der Waals surface area contributed by atoms with Gasteiger partial charge in [-0.1, -0.05) is 184 Å². The zero-order valence-electron chi connectivity index (χ0n) is 35.7. The van der Waals surface area contributed by atoms with Gasteiger partial charge in [0.1, 0.15) is 0 Å². The third kappa shape index (κ3) is 6.28. The molecule has 0 fully saturated rings. The lowest BCUT2D eigenvalue weighted by atomic mass is 9.82. The standard InChI is InChI=1S/C61H43N3/c1-61(2)52-29-17-15-27-47(52)49-39-60-50(38-53(49)61)48-28-16-18-30-58(48)64(60)59-32-31-44(46-35-54(41-21-9-4-10-22-41)62-55(36-46)42-23-11-5-12-24-42)33-51(59)57-37-45(40-19-7-3-8-20-40)34-56(63-57)43-25-13-6-14-26-43/h3-39H,1-2H3. The quantitative estimate of drug-likeness (QED) is 0.160. The first-order valence-electron chi connectivity index (χ1n) is 22.1. The number of rotatable bonds is 7. The summed E-state index contributed by atoms with van der Waals surface area (Å²) in [7, 11) is 0. The van der Waals surface area contributed by atoms with Gasteiger partial charge in [0.25, 0.3) is 0 Å². The minimum Gasteiger partial charge on any atom is -0.309 e. The van der Waals surface area contributed by atoms with Crippen molar-refractivity contribution in [1.82, 2.24) is 14.5 Å². The van der Waals surface area contributed by atoms with Gasteiger partial charge in [-0.15, -0.1) is 0 Å². The Balaban J connectivity index is 1.16. The highest BCUT2D eigenvalue weighted by atomic mass is 15.0. The molecule has 3 aromatic heterocycles. The number of pyridine rings is 2. The van der Waals surface area contributed by atoms with E-state index in [2.05, 4.69) is 243 Å². The molecule has 0 saturated carbocycles. The SMILES string of the molecule is CC1(C)c2ccccc2-c2cc3c(cc21)c1ccccc1n3-c1ccc(-c2cc(-c3ccccc3)nc(-c3ccccc3)c2)cc1-c1cc(-c2ccccc2)cc(-c2ccccc2)n1. The van der Waals surface area contributed by atoms with Crippen molar-refractivity contribution in [2.75, 3.05) is 0 Å². The van der Waals surface area contributed by atoms with E-state index in [9.17, 15) is 0 Å². The molecule has 8 aromatic carbocycles. The highest BCUT2D eigenvalue weighted by Crippen LogP contribution is 2.51. The number of aromatic nitrogens is 3. The first-order chi connectivity index (χ1) is 31.5. The van der Waals surface area contributed by atoms with Crippen LogP contribution in [0.25, 0.3) is 106 Å². The van der Waals surface area contributed by atoms with E-state index in [-0.39, 0.29) is 5.41 Å². The first-order valence-corrected chi connectivity index (χ1v) is 22.1. The van der Waals surface area contributed by atoms with E-state index in [1.165, 1.54) is 38.5 Å². The van der Waals surface area contributed by atoms with E-state index >= 15 is 0 Å². The van der Waals surface area contributed by atoms with Crippen LogP contribution >= 0.6 is 0 Å². The maximum atomic E-state index is 5.58. The molecule has 1 aliphatic carbocycles. The van der Waals surface area contributed by atoms with Crippen molar-refractivity contribution in [3.05, 3.63) is 236 Å². The van der Waals surface area contributed by atoms with E-state index < -0.39 is 0 Å². The predicted octanol–water partition coefficient (Wildman–Crippen LogP) is 15.9. The van der Waals surface area contributed by atoms with E-state index in [1.807, 2.05) is 0 Å². The lowest BCUT2D eigenvalue weighted by molar-refractivity contribution is 0.661. The van der Waals surface area contributed by atoms with Gasteiger partial charge in [-0.2, -0.15) is 0 Å². The molecule has 3 heterocycles. The van der Waals surface area contributed by atoms with Gasteiger partial charge in [0, 0.05) is 38.4 Å². The molecule has 3 heteroatoms. The maximum absolute atomic E-state index is 5.58. The van der Waals surface area contributed by atoms with Crippen LogP contribution < -0.4 is 0 Å². The molecule has 12 rings (SSSR count). The lowest BCUT2D eigenvalue weighted by Gasteiger charge is -2.21. The van der Waals surface area contributed by atoms with E-state index in [1.54, 1.807) is 0 Å². The fourth-order valence-corrected chi connectivity index (χ4v) is 9.97. The van der Waals surface area contributed by atoms with Crippen molar-refractivity contribution in [3.8, 4) is 84.1 Å². The molecule has 64 heavy (non-hydrogen) atoms. The Morgan fingerprint density at radius 1 is 0.312 bits per heavy atom. The van der Waals surface area contributed by atoms with Gasteiger partial charge in [0.05, 0.1) is 39.5 Å². The van der Waals surface area contributed by atoms with Crippen molar-refractivity contribution in [2.45, 2.75) is 19.3 Å². The van der Waals surface area contributed by atoms with Gasteiger partial charge in [-0.25, -0.2) is 9.97 Å². The monoisotopic (exact) mass is 817 g/mol. The molecule has 0 unspecified atom stereocenters. The molecular weight excluding hydrogens is 775 g/mol. The molecule has 0 atom stereocenters. The van der Waals surface area contributed by atoms with Crippen LogP contribution in [0, 0.1) is 0 Å². The Labute approximate surface area is 373 Å². The largest absolute Gasteiger partial charge is 0.309 e. The number of para-hydroxylation sites is 1. The summed E-state index contributed by atoms with van der Waals surface area (Å²) in [6, 6.07) is 80.8. The van der Waals surface area contributed by atoms with Gasteiger partial charge in [-0.3, -0.25) is 0 Å². The van der Waals surface area contributed by atoms with Crippen LogP contribution in [-0.2, 0) is 5.41 Å².